The van der Waals surface area contributed by atoms with E-state index >= 15 is 0 Å². The van der Waals surface area contributed by atoms with E-state index in [4.69, 9.17) is 9.57 Å². The van der Waals surface area contributed by atoms with Crippen LogP contribution >= 0.6 is 11.3 Å². The SMILES string of the molecule is CO/N=C1\CC(CCC(=O)Nc2ncc(C)s2)C2C3CCc4cc5c(cc4C3CCC12C)NCO5. The van der Waals surface area contributed by atoms with E-state index in [2.05, 4.69) is 39.8 Å². The summed E-state index contributed by atoms with van der Waals surface area (Å²) in [6.45, 7) is 4.97. The van der Waals surface area contributed by atoms with E-state index in [-0.39, 0.29) is 11.3 Å². The zero-order valence-electron chi connectivity index (χ0n) is 20.7. The van der Waals surface area contributed by atoms with Gasteiger partial charge in [-0.25, -0.2) is 4.98 Å². The zero-order valence-corrected chi connectivity index (χ0v) is 21.5. The molecule has 0 saturated heterocycles. The monoisotopic (exact) mass is 494 g/mol. The summed E-state index contributed by atoms with van der Waals surface area (Å²) in [5.41, 5.74) is 5.33. The van der Waals surface area contributed by atoms with Gasteiger partial charge in [-0.15, -0.1) is 11.3 Å². The van der Waals surface area contributed by atoms with Gasteiger partial charge in [-0.05, 0) is 92.4 Å². The number of amides is 1. The summed E-state index contributed by atoms with van der Waals surface area (Å²) in [6.07, 6.45) is 8.67. The third kappa shape index (κ3) is 3.90. The highest BCUT2D eigenvalue weighted by molar-refractivity contribution is 7.15. The van der Waals surface area contributed by atoms with Crippen molar-refractivity contribution < 1.29 is 14.4 Å². The van der Waals surface area contributed by atoms with Gasteiger partial charge < -0.3 is 20.2 Å². The van der Waals surface area contributed by atoms with Crippen molar-refractivity contribution in [1.29, 1.82) is 0 Å². The van der Waals surface area contributed by atoms with Crippen LogP contribution in [-0.2, 0) is 16.1 Å². The topological polar surface area (TPSA) is 84.8 Å². The van der Waals surface area contributed by atoms with Crippen molar-refractivity contribution in [1.82, 2.24) is 4.98 Å². The van der Waals surface area contributed by atoms with Crippen LogP contribution in [0.3, 0.4) is 0 Å². The van der Waals surface area contributed by atoms with Crippen LogP contribution < -0.4 is 15.4 Å². The lowest BCUT2D eigenvalue weighted by Gasteiger charge is -2.50. The second kappa shape index (κ2) is 8.80. The standard InChI is InChI=1S/C27H34N4O3S/c1-15-13-28-26(35-15)30-24(32)7-5-17-11-23(31-33-3)27(2)9-8-18-19(25(17)27)6-4-16-10-22-21(12-20(16)18)29-14-34-22/h10,12-13,17-19,25,29H,4-9,11,14H2,1-3H3,(H,28,30,32)/b31-23+. The van der Waals surface area contributed by atoms with Crippen molar-refractivity contribution in [3.8, 4) is 5.75 Å². The van der Waals surface area contributed by atoms with Gasteiger partial charge in [0.1, 0.15) is 12.9 Å². The molecule has 1 amide bonds. The molecule has 2 heterocycles. The van der Waals surface area contributed by atoms with E-state index in [1.807, 2.05) is 6.92 Å². The molecule has 7 nitrogen and oxygen atoms in total. The number of rotatable bonds is 5. The quantitative estimate of drug-likeness (QED) is 0.520. The van der Waals surface area contributed by atoms with Crippen LogP contribution in [-0.4, -0.2) is 30.4 Å². The molecule has 6 rings (SSSR count). The molecule has 5 atom stereocenters. The summed E-state index contributed by atoms with van der Waals surface area (Å²) >= 11 is 1.52. The summed E-state index contributed by atoms with van der Waals surface area (Å²) in [5.74, 6) is 3.15. The molecule has 2 aromatic rings. The first-order chi connectivity index (χ1) is 17.0. The Morgan fingerprint density at radius 1 is 1.40 bits per heavy atom. The fraction of sp³-hybridized carbons (Fsp3) is 0.593. The lowest BCUT2D eigenvalue weighted by Crippen LogP contribution is -2.44. The second-order valence-corrected chi connectivity index (χ2v) is 12.1. The number of nitrogens with one attached hydrogen (secondary N) is 2. The highest BCUT2D eigenvalue weighted by atomic mass is 32.1. The fourth-order valence-corrected chi connectivity index (χ4v) is 8.24. The molecule has 0 radical (unpaired) electrons. The highest BCUT2D eigenvalue weighted by Crippen LogP contribution is 2.63. The van der Waals surface area contributed by atoms with Crippen molar-refractivity contribution >= 4 is 33.8 Å². The Morgan fingerprint density at radius 2 is 2.29 bits per heavy atom. The Kier molecular flexibility index (Phi) is 5.74. The third-order valence-electron chi connectivity index (χ3n) is 9.00. The predicted octanol–water partition coefficient (Wildman–Crippen LogP) is 5.72. The normalized spacial score (nSPS) is 31.6. The van der Waals surface area contributed by atoms with Crippen molar-refractivity contribution in [3.63, 3.8) is 0 Å². The first kappa shape index (κ1) is 22.8. The lowest BCUT2D eigenvalue weighted by atomic mass is 9.54. The number of hydrogen-bond acceptors (Lipinski definition) is 7. The average molecular weight is 495 g/mol. The number of thiazole rings is 1. The maximum Gasteiger partial charge on any atom is 0.226 e. The van der Waals surface area contributed by atoms with Crippen molar-refractivity contribution in [3.05, 3.63) is 34.3 Å². The molecule has 1 aromatic carbocycles. The van der Waals surface area contributed by atoms with Gasteiger partial charge in [-0.1, -0.05) is 12.1 Å². The number of fused-ring (bicyclic) bond motifs is 6. The number of nitrogens with zero attached hydrogens (tertiary/aromatic N) is 2. The minimum absolute atomic E-state index is 0.0420. The molecular formula is C27H34N4O3S. The molecule has 1 aliphatic heterocycles. The Morgan fingerprint density at radius 3 is 3.09 bits per heavy atom. The van der Waals surface area contributed by atoms with Crippen molar-refractivity contribution in [2.75, 3.05) is 24.5 Å². The number of aryl methyl sites for hydroxylation is 2. The van der Waals surface area contributed by atoms with Crippen LogP contribution in [0.4, 0.5) is 10.8 Å². The molecule has 186 valence electrons. The van der Waals surface area contributed by atoms with Crippen LogP contribution in [0.2, 0.25) is 0 Å². The Labute approximate surface area is 210 Å². The number of carbonyl (C=O) groups is 1. The fourth-order valence-electron chi connectivity index (χ4n) is 7.56. The summed E-state index contributed by atoms with van der Waals surface area (Å²) < 4.78 is 5.76. The number of ether oxygens (including phenoxy) is 1. The highest BCUT2D eigenvalue weighted by Gasteiger charge is 2.57. The minimum atomic E-state index is 0.0420. The van der Waals surface area contributed by atoms with Gasteiger partial charge in [0.15, 0.2) is 11.9 Å². The molecule has 35 heavy (non-hydrogen) atoms. The van der Waals surface area contributed by atoms with E-state index in [1.54, 1.807) is 13.3 Å². The van der Waals surface area contributed by atoms with E-state index in [0.29, 0.717) is 42.0 Å². The van der Waals surface area contributed by atoms with Crippen LogP contribution in [0, 0.1) is 30.1 Å². The van der Waals surface area contributed by atoms with Crippen LogP contribution in [0.5, 0.6) is 5.75 Å². The third-order valence-corrected chi connectivity index (χ3v) is 9.83. The second-order valence-electron chi connectivity index (χ2n) is 10.9. The maximum atomic E-state index is 12.8. The molecule has 8 heteroatoms. The average Bonchev–Trinajstić information content (AvgIpc) is 3.54. The number of benzene rings is 1. The Bertz CT molecular complexity index is 1180. The molecule has 4 aliphatic rings. The van der Waals surface area contributed by atoms with E-state index in [9.17, 15) is 4.79 Å². The van der Waals surface area contributed by atoms with Crippen LogP contribution in [0.1, 0.15) is 67.4 Å². The number of anilines is 2. The van der Waals surface area contributed by atoms with Gasteiger partial charge in [-0.3, -0.25) is 4.79 Å². The molecule has 2 fully saturated rings. The first-order valence-corrected chi connectivity index (χ1v) is 13.6. The first-order valence-electron chi connectivity index (χ1n) is 12.8. The summed E-state index contributed by atoms with van der Waals surface area (Å²) in [4.78, 5) is 23.5. The van der Waals surface area contributed by atoms with Gasteiger partial charge >= 0.3 is 0 Å². The van der Waals surface area contributed by atoms with E-state index < -0.39 is 0 Å². The molecule has 0 bridgehead atoms. The number of oxime groups is 1. The molecule has 1 aromatic heterocycles. The van der Waals surface area contributed by atoms with E-state index in [0.717, 1.165) is 42.0 Å². The van der Waals surface area contributed by atoms with Gasteiger partial charge in [-0.2, -0.15) is 0 Å². The smallest absolute Gasteiger partial charge is 0.226 e. The summed E-state index contributed by atoms with van der Waals surface area (Å²) in [6, 6.07) is 4.62. The molecular weight excluding hydrogens is 460 g/mol. The lowest BCUT2D eigenvalue weighted by molar-refractivity contribution is -0.116. The Hall–Kier alpha value is -2.61. The molecule has 5 unspecified atom stereocenters. The molecule has 3 aliphatic carbocycles. The molecule has 0 spiro atoms. The van der Waals surface area contributed by atoms with Crippen molar-refractivity contribution in [2.24, 2.45) is 28.3 Å². The van der Waals surface area contributed by atoms with Crippen LogP contribution in [0.25, 0.3) is 0 Å². The van der Waals surface area contributed by atoms with Crippen molar-refractivity contribution in [2.45, 2.75) is 64.7 Å². The number of hydrogen-bond donors (Lipinski definition) is 2. The maximum absolute atomic E-state index is 12.8. The van der Waals surface area contributed by atoms with Gasteiger partial charge in [0.05, 0.1) is 11.4 Å². The van der Waals surface area contributed by atoms with Gasteiger partial charge in [0.25, 0.3) is 0 Å². The molecule has 2 saturated carbocycles. The van der Waals surface area contributed by atoms with Crippen LogP contribution in [0.15, 0.2) is 23.5 Å². The predicted molar refractivity (Wildman–Crippen MR) is 138 cm³/mol. The van der Waals surface area contributed by atoms with E-state index in [1.165, 1.54) is 41.0 Å². The molecule has 2 N–H and O–H groups in total. The van der Waals surface area contributed by atoms with Gasteiger partial charge in [0.2, 0.25) is 5.91 Å². The zero-order chi connectivity index (χ0) is 24.2. The summed E-state index contributed by atoms with van der Waals surface area (Å²) in [7, 11) is 1.65. The number of aromatic nitrogens is 1. The summed E-state index contributed by atoms with van der Waals surface area (Å²) in [5, 5.41) is 11.6. The number of carbonyl (C=O) groups excluding carboxylic acids is 1. The Balaban J connectivity index is 1.25. The van der Waals surface area contributed by atoms with Gasteiger partial charge in [0, 0.05) is 22.9 Å². The largest absolute Gasteiger partial charge is 0.471 e. The minimum Gasteiger partial charge on any atom is -0.471 e.